The van der Waals surface area contributed by atoms with Crippen LogP contribution in [0.15, 0.2) is 60.2 Å². The molecule has 0 unspecified atom stereocenters. The molecule has 2 aromatic carbocycles. The van der Waals surface area contributed by atoms with Crippen LogP contribution in [0, 0.1) is 0 Å². The molecule has 1 N–H and O–H groups in total. The molecule has 0 spiro atoms. The molecule has 0 saturated carbocycles. The van der Waals surface area contributed by atoms with Crippen molar-refractivity contribution in [3.05, 3.63) is 71.3 Å². The summed E-state index contributed by atoms with van der Waals surface area (Å²) in [6, 6.07) is 16.8. The van der Waals surface area contributed by atoms with E-state index < -0.39 is 12.1 Å². The van der Waals surface area contributed by atoms with Gasteiger partial charge in [-0.1, -0.05) is 48.5 Å². The van der Waals surface area contributed by atoms with E-state index in [4.69, 9.17) is 4.74 Å². The van der Waals surface area contributed by atoms with Crippen molar-refractivity contribution in [2.45, 2.75) is 6.10 Å². The summed E-state index contributed by atoms with van der Waals surface area (Å²) in [5.41, 5.74) is 1.89. The number of hydrogen-bond acceptors (Lipinski definition) is 2. The van der Waals surface area contributed by atoms with Gasteiger partial charge in [0.25, 0.3) is 0 Å². The molecule has 0 aliphatic carbocycles. The topological polar surface area (TPSA) is 46.5 Å². The van der Waals surface area contributed by atoms with Crippen LogP contribution in [-0.2, 0) is 4.79 Å². The highest BCUT2D eigenvalue weighted by atomic mass is 16.5. The van der Waals surface area contributed by atoms with Gasteiger partial charge in [-0.25, -0.2) is 4.79 Å². The number of benzene rings is 2. The molecule has 3 nitrogen and oxygen atoms in total. The van der Waals surface area contributed by atoms with Crippen molar-refractivity contribution in [1.29, 1.82) is 0 Å². The molecule has 2 aromatic rings. The van der Waals surface area contributed by atoms with Crippen molar-refractivity contribution in [3.63, 3.8) is 0 Å². The first-order valence-corrected chi connectivity index (χ1v) is 6.01. The number of para-hydroxylation sites is 1. The quantitative estimate of drug-likeness (QED) is 0.892. The van der Waals surface area contributed by atoms with Gasteiger partial charge in [0.05, 0.1) is 5.57 Å². The Hall–Kier alpha value is -2.55. The van der Waals surface area contributed by atoms with Crippen LogP contribution >= 0.6 is 0 Å². The lowest BCUT2D eigenvalue weighted by Gasteiger charge is -2.25. The van der Waals surface area contributed by atoms with Gasteiger partial charge in [0.2, 0.25) is 0 Å². The summed E-state index contributed by atoms with van der Waals surface area (Å²) in [7, 11) is 0. The normalized spacial score (nSPS) is 17.1. The molecule has 19 heavy (non-hydrogen) atoms. The maximum atomic E-state index is 11.4. The van der Waals surface area contributed by atoms with Gasteiger partial charge in [0.15, 0.2) is 6.10 Å². The highest BCUT2D eigenvalue weighted by Crippen LogP contribution is 2.37. The van der Waals surface area contributed by atoms with Crippen LogP contribution in [0.1, 0.15) is 17.2 Å². The van der Waals surface area contributed by atoms with Crippen LogP contribution in [-0.4, -0.2) is 11.1 Å². The number of carboxylic acids is 1. The molecule has 0 amide bonds. The number of ether oxygens (including phenoxy) is 1. The molecule has 3 rings (SSSR count). The fourth-order valence-corrected chi connectivity index (χ4v) is 2.19. The zero-order valence-electron chi connectivity index (χ0n) is 10.1. The molecule has 0 saturated heterocycles. The van der Waals surface area contributed by atoms with E-state index in [2.05, 4.69) is 0 Å². The largest absolute Gasteiger partial charge is 0.480 e. The molecule has 3 heteroatoms. The Kier molecular flexibility index (Phi) is 2.80. The first-order chi connectivity index (χ1) is 9.25. The second-order valence-electron chi connectivity index (χ2n) is 4.35. The predicted molar refractivity (Wildman–Crippen MR) is 71.9 cm³/mol. The first kappa shape index (κ1) is 11.5. The number of hydrogen-bond donors (Lipinski definition) is 1. The average molecular weight is 252 g/mol. The molecular weight excluding hydrogens is 240 g/mol. The monoisotopic (exact) mass is 252 g/mol. The second kappa shape index (κ2) is 4.61. The van der Waals surface area contributed by atoms with Crippen LogP contribution in [0.4, 0.5) is 0 Å². The van der Waals surface area contributed by atoms with E-state index in [9.17, 15) is 9.90 Å². The summed E-state index contributed by atoms with van der Waals surface area (Å²) in [6.07, 6.45) is 1.12. The van der Waals surface area contributed by atoms with E-state index in [1.165, 1.54) is 0 Å². The summed E-state index contributed by atoms with van der Waals surface area (Å²) in [5, 5.41) is 9.35. The third-order valence-corrected chi connectivity index (χ3v) is 3.11. The lowest BCUT2D eigenvalue weighted by molar-refractivity contribution is -0.133. The minimum atomic E-state index is -0.955. The first-order valence-electron chi connectivity index (χ1n) is 6.01. The van der Waals surface area contributed by atoms with Crippen molar-refractivity contribution in [2.24, 2.45) is 0 Å². The number of carboxylic acid groups (broad SMARTS) is 1. The minimum Gasteiger partial charge on any atom is -0.480 e. The molecule has 1 atom stereocenters. The van der Waals surface area contributed by atoms with E-state index >= 15 is 0 Å². The standard InChI is InChI=1S/C16H12O3/c17-16(18)13-10-12-8-4-5-9-14(12)19-15(13)11-6-2-1-3-7-11/h1-10,15H,(H,17,18)/t15-/m1/s1. The second-order valence-corrected chi connectivity index (χ2v) is 4.35. The maximum absolute atomic E-state index is 11.4. The Morgan fingerprint density at radius 1 is 1.00 bits per heavy atom. The number of rotatable bonds is 2. The SMILES string of the molecule is O=C(O)C1=Cc2ccccc2O[C@@H]1c1ccccc1. The van der Waals surface area contributed by atoms with Gasteiger partial charge < -0.3 is 9.84 Å². The Bertz CT molecular complexity index is 644. The van der Waals surface area contributed by atoms with Gasteiger partial charge in [-0.05, 0) is 17.7 Å². The Morgan fingerprint density at radius 3 is 2.42 bits per heavy atom. The highest BCUT2D eigenvalue weighted by molar-refractivity contribution is 5.95. The lowest BCUT2D eigenvalue weighted by atomic mass is 9.96. The molecule has 0 aromatic heterocycles. The predicted octanol–water partition coefficient (Wildman–Crippen LogP) is 3.29. The van der Waals surface area contributed by atoms with Crippen LogP contribution < -0.4 is 4.74 Å². The Balaban J connectivity index is 2.10. The van der Waals surface area contributed by atoms with Crippen molar-refractivity contribution in [1.82, 2.24) is 0 Å². The van der Waals surface area contributed by atoms with E-state index in [1.54, 1.807) is 6.08 Å². The summed E-state index contributed by atoms with van der Waals surface area (Å²) in [4.78, 5) is 11.4. The van der Waals surface area contributed by atoms with Crippen molar-refractivity contribution >= 4 is 12.0 Å². The van der Waals surface area contributed by atoms with Crippen LogP contribution in [0.5, 0.6) is 5.75 Å². The summed E-state index contributed by atoms with van der Waals surface area (Å²) in [5.74, 6) is -0.246. The third kappa shape index (κ3) is 2.10. The molecule has 0 bridgehead atoms. The molecular formula is C16H12O3. The highest BCUT2D eigenvalue weighted by Gasteiger charge is 2.28. The maximum Gasteiger partial charge on any atom is 0.335 e. The molecule has 94 valence electrons. The summed E-state index contributed by atoms with van der Waals surface area (Å²) in [6.45, 7) is 0. The third-order valence-electron chi connectivity index (χ3n) is 3.11. The van der Waals surface area contributed by atoms with E-state index in [-0.39, 0.29) is 5.57 Å². The van der Waals surface area contributed by atoms with E-state index in [0.717, 1.165) is 11.1 Å². The van der Waals surface area contributed by atoms with Crippen molar-refractivity contribution in [2.75, 3.05) is 0 Å². The number of carbonyl (C=O) groups is 1. The Morgan fingerprint density at radius 2 is 1.68 bits per heavy atom. The fraction of sp³-hybridized carbons (Fsp3) is 0.0625. The number of aliphatic carboxylic acids is 1. The minimum absolute atomic E-state index is 0.255. The van der Waals surface area contributed by atoms with Crippen LogP contribution in [0.25, 0.3) is 6.08 Å². The summed E-state index contributed by atoms with van der Waals surface area (Å²) < 4.78 is 5.84. The summed E-state index contributed by atoms with van der Waals surface area (Å²) >= 11 is 0. The van der Waals surface area contributed by atoms with Crippen LogP contribution in [0.3, 0.4) is 0 Å². The van der Waals surface area contributed by atoms with Gasteiger partial charge in [-0.3, -0.25) is 0 Å². The zero-order chi connectivity index (χ0) is 13.2. The van der Waals surface area contributed by atoms with Gasteiger partial charge in [0.1, 0.15) is 5.75 Å². The van der Waals surface area contributed by atoms with Crippen LogP contribution in [0.2, 0.25) is 0 Å². The fourth-order valence-electron chi connectivity index (χ4n) is 2.19. The molecule has 0 fully saturated rings. The molecule has 1 aliphatic rings. The molecule has 1 heterocycles. The van der Waals surface area contributed by atoms with E-state index in [0.29, 0.717) is 5.75 Å². The average Bonchev–Trinajstić information content (AvgIpc) is 2.46. The van der Waals surface area contributed by atoms with Gasteiger partial charge in [0, 0.05) is 5.56 Å². The van der Waals surface area contributed by atoms with Crippen molar-refractivity contribution < 1.29 is 14.6 Å². The molecule has 0 radical (unpaired) electrons. The lowest BCUT2D eigenvalue weighted by Crippen LogP contribution is -2.20. The number of fused-ring (bicyclic) bond motifs is 1. The Labute approximate surface area is 110 Å². The molecule has 1 aliphatic heterocycles. The van der Waals surface area contributed by atoms with Gasteiger partial charge in [-0.2, -0.15) is 0 Å². The smallest absolute Gasteiger partial charge is 0.335 e. The zero-order valence-corrected chi connectivity index (χ0v) is 10.1. The van der Waals surface area contributed by atoms with Gasteiger partial charge >= 0.3 is 5.97 Å². The van der Waals surface area contributed by atoms with E-state index in [1.807, 2.05) is 54.6 Å². The van der Waals surface area contributed by atoms with Gasteiger partial charge in [-0.15, -0.1) is 0 Å². The van der Waals surface area contributed by atoms with Crippen molar-refractivity contribution in [3.8, 4) is 5.75 Å².